The van der Waals surface area contributed by atoms with E-state index in [0.29, 0.717) is 22.5 Å². The minimum Gasteiger partial charge on any atom is -0.507 e. The number of hydrogen-bond acceptors (Lipinski definition) is 4. The Morgan fingerprint density at radius 3 is 2.31 bits per heavy atom. The zero-order chi connectivity index (χ0) is 17.9. The Balaban J connectivity index is 1.82. The highest BCUT2D eigenvalue weighted by molar-refractivity contribution is 5.94. The van der Waals surface area contributed by atoms with E-state index in [4.69, 9.17) is 4.98 Å². The van der Waals surface area contributed by atoms with Gasteiger partial charge in [0.05, 0.1) is 16.9 Å². The molecule has 0 aliphatic heterocycles. The van der Waals surface area contributed by atoms with Gasteiger partial charge in [-0.3, -0.25) is 4.99 Å². The number of para-hydroxylation sites is 3. The second kappa shape index (κ2) is 6.69. The monoisotopic (exact) mass is 340 g/mol. The highest BCUT2D eigenvalue weighted by Gasteiger charge is 2.08. The number of phenols is 2. The Morgan fingerprint density at radius 2 is 1.50 bits per heavy atom. The summed E-state index contributed by atoms with van der Waals surface area (Å²) in [6, 6.07) is 23.8. The first-order chi connectivity index (χ1) is 12.7. The van der Waals surface area contributed by atoms with Gasteiger partial charge in [-0.1, -0.05) is 42.5 Å². The third-order valence-electron chi connectivity index (χ3n) is 4.16. The van der Waals surface area contributed by atoms with Crippen LogP contribution in [-0.2, 0) is 0 Å². The molecule has 126 valence electrons. The first-order valence-corrected chi connectivity index (χ1v) is 8.22. The average Bonchev–Trinajstić information content (AvgIpc) is 2.67. The molecular weight excluding hydrogens is 324 g/mol. The van der Waals surface area contributed by atoms with E-state index in [1.54, 1.807) is 36.5 Å². The van der Waals surface area contributed by atoms with Crippen LogP contribution in [0.3, 0.4) is 0 Å². The molecular formula is C22H16N2O2. The molecule has 0 radical (unpaired) electrons. The summed E-state index contributed by atoms with van der Waals surface area (Å²) >= 11 is 0. The summed E-state index contributed by atoms with van der Waals surface area (Å²) in [5.41, 5.74) is 3.43. The average molecular weight is 340 g/mol. The van der Waals surface area contributed by atoms with Crippen LogP contribution in [0, 0.1) is 0 Å². The normalized spacial score (nSPS) is 11.2. The number of pyridine rings is 1. The van der Waals surface area contributed by atoms with Gasteiger partial charge < -0.3 is 10.2 Å². The number of aliphatic imine (C=N–C) groups is 1. The predicted octanol–water partition coefficient (Wildman–Crippen LogP) is 5.06. The lowest BCUT2D eigenvalue weighted by molar-refractivity contribution is 0.474. The molecule has 0 saturated carbocycles. The Kier molecular flexibility index (Phi) is 4.07. The Morgan fingerprint density at radius 1 is 0.731 bits per heavy atom. The first kappa shape index (κ1) is 15.8. The van der Waals surface area contributed by atoms with Crippen LogP contribution in [0.5, 0.6) is 11.5 Å². The summed E-state index contributed by atoms with van der Waals surface area (Å²) in [6.07, 6.45) is 1.62. The standard InChI is InChI=1S/C22H16N2O2/c25-20-10-3-1-6-16(20)14-23-19-9-5-7-15-12-13-18(24-22(15)19)17-8-2-4-11-21(17)26/h1-14,25-26H. The van der Waals surface area contributed by atoms with Crippen molar-refractivity contribution >= 4 is 22.8 Å². The fourth-order valence-corrected chi connectivity index (χ4v) is 2.81. The predicted molar refractivity (Wildman–Crippen MR) is 104 cm³/mol. The van der Waals surface area contributed by atoms with E-state index < -0.39 is 0 Å². The van der Waals surface area contributed by atoms with Crippen molar-refractivity contribution in [1.82, 2.24) is 4.98 Å². The molecule has 4 rings (SSSR count). The number of benzene rings is 3. The summed E-state index contributed by atoms with van der Waals surface area (Å²) in [5, 5.41) is 20.9. The maximum absolute atomic E-state index is 10.1. The zero-order valence-corrected chi connectivity index (χ0v) is 13.9. The Labute approximate surface area is 150 Å². The molecule has 4 heteroatoms. The molecule has 4 aromatic rings. The maximum atomic E-state index is 10.1. The molecule has 26 heavy (non-hydrogen) atoms. The van der Waals surface area contributed by atoms with E-state index in [9.17, 15) is 10.2 Å². The molecule has 0 aliphatic carbocycles. The van der Waals surface area contributed by atoms with Crippen molar-refractivity contribution in [3.63, 3.8) is 0 Å². The lowest BCUT2D eigenvalue weighted by Crippen LogP contribution is -1.87. The van der Waals surface area contributed by atoms with Gasteiger partial charge in [-0.25, -0.2) is 4.98 Å². The number of aromatic nitrogens is 1. The van der Waals surface area contributed by atoms with Crippen molar-refractivity contribution in [1.29, 1.82) is 0 Å². The summed E-state index contributed by atoms with van der Waals surface area (Å²) < 4.78 is 0. The Hall–Kier alpha value is -3.66. The van der Waals surface area contributed by atoms with Crippen LogP contribution in [-0.4, -0.2) is 21.4 Å². The molecule has 2 N–H and O–H groups in total. The number of aromatic hydroxyl groups is 2. The Bertz CT molecular complexity index is 1120. The van der Waals surface area contributed by atoms with Crippen molar-refractivity contribution in [2.45, 2.75) is 0 Å². The van der Waals surface area contributed by atoms with Crippen LogP contribution in [0.25, 0.3) is 22.2 Å². The van der Waals surface area contributed by atoms with Crippen molar-refractivity contribution in [2.75, 3.05) is 0 Å². The van der Waals surface area contributed by atoms with Gasteiger partial charge in [0.25, 0.3) is 0 Å². The van der Waals surface area contributed by atoms with Crippen molar-refractivity contribution in [3.8, 4) is 22.8 Å². The lowest BCUT2D eigenvalue weighted by Gasteiger charge is -2.07. The van der Waals surface area contributed by atoms with Gasteiger partial charge in [0.2, 0.25) is 0 Å². The molecule has 1 aromatic heterocycles. The number of rotatable bonds is 3. The number of fused-ring (bicyclic) bond motifs is 1. The van der Waals surface area contributed by atoms with Gasteiger partial charge in [0.15, 0.2) is 0 Å². The number of nitrogens with zero attached hydrogens (tertiary/aromatic N) is 2. The number of phenolic OH excluding ortho intramolecular Hbond substituents is 2. The molecule has 0 aliphatic rings. The summed E-state index contributed by atoms with van der Waals surface area (Å²) in [6.45, 7) is 0. The van der Waals surface area contributed by atoms with Gasteiger partial charge >= 0.3 is 0 Å². The molecule has 0 spiro atoms. The molecule has 0 amide bonds. The third-order valence-corrected chi connectivity index (χ3v) is 4.16. The maximum Gasteiger partial charge on any atom is 0.124 e. The van der Waals surface area contributed by atoms with E-state index >= 15 is 0 Å². The SMILES string of the molecule is Oc1ccccc1C=Nc1cccc2ccc(-c3ccccc3O)nc12. The minimum absolute atomic E-state index is 0.180. The zero-order valence-electron chi connectivity index (χ0n) is 13.9. The van der Waals surface area contributed by atoms with Crippen LogP contribution in [0.2, 0.25) is 0 Å². The van der Waals surface area contributed by atoms with E-state index in [1.165, 1.54) is 0 Å². The van der Waals surface area contributed by atoms with Crippen molar-refractivity contribution in [2.24, 2.45) is 4.99 Å². The summed E-state index contributed by atoms with van der Waals surface area (Å²) in [4.78, 5) is 9.22. The topological polar surface area (TPSA) is 65.7 Å². The van der Waals surface area contributed by atoms with Gasteiger partial charge in [-0.2, -0.15) is 0 Å². The molecule has 0 saturated heterocycles. The fourth-order valence-electron chi connectivity index (χ4n) is 2.81. The smallest absolute Gasteiger partial charge is 0.124 e. The molecule has 3 aromatic carbocycles. The van der Waals surface area contributed by atoms with Crippen LogP contribution >= 0.6 is 0 Å². The van der Waals surface area contributed by atoms with Crippen LogP contribution in [0.4, 0.5) is 5.69 Å². The van der Waals surface area contributed by atoms with E-state index in [0.717, 1.165) is 10.9 Å². The second-order valence-corrected chi connectivity index (χ2v) is 5.88. The van der Waals surface area contributed by atoms with Gasteiger partial charge in [0.1, 0.15) is 11.5 Å². The molecule has 1 heterocycles. The lowest BCUT2D eigenvalue weighted by atomic mass is 10.1. The highest BCUT2D eigenvalue weighted by atomic mass is 16.3. The summed E-state index contributed by atoms with van der Waals surface area (Å²) in [5.74, 6) is 0.369. The van der Waals surface area contributed by atoms with E-state index in [-0.39, 0.29) is 11.5 Å². The van der Waals surface area contributed by atoms with Gasteiger partial charge in [-0.15, -0.1) is 0 Å². The largest absolute Gasteiger partial charge is 0.507 e. The quantitative estimate of drug-likeness (QED) is 0.512. The number of hydrogen-bond donors (Lipinski definition) is 2. The third kappa shape index (κ3) is 3.00. The van der Waals surface area contributed by atoms with Crippen LogP contribution < -0.4 is 0 Å². The fraction of sp³-hybridized carbons (Fsp3) is 0. The molecule has 4 nitrogen and oxygen atoms in total. The van der Waals surface area contributed by atoms with Gasteiger partial charge in [0, 0.05) is 22.7 Å². The second-order valence-electron chi connectivity index (χ2n) is 5.88. The van der Waals surface area contributed by atoms with Crippen LogP contribution in [0.1, 0.15) is 5.56 Å². The minimum atomic E-state index is 0.180. The van der Waals surface area contributed by atoms with Crippen molar-refractivity contribution < 1.29 is 10.2 Å². The summed E-state index contributed by atoms with van der Waals surface area (Å²) in [7, 11) is 0. The van der Waals surface area contributed by atoms with E-state index in [2.05, 4.69) is 4.99 Å². The molecule has 0 unspecified atom stereocenters. The van der Waals surface area contributed by atoms with Crippen LogP contribution in [0.15, 0.2) is 83.9 Å². The molecule has 0 bridgehead atoms. The first-order valence-electron chi connectivity index (χ1n) is 8.22. The molecule has 0 fully saturated rings. The highest BCUT2D eigenvalue weighted by Crippen LogP contribution is 2.31. The van der Waals surface area contributed by atoms with Crippen molar-refractivity contribution in [3.05, 3.63) is 84.4 Å². The van der Waals surface area contributed by atoms with E-state index in [1.807, 2.05) is 48.5 Å². The molecule has 0 atom stereocenters. The van der Waals surface area contributed by atoms with Gasteiger partial charge in [-0.05, 0) is 36.4 Å².